The number of carboxylic acids is 1. The third-order valence-corrected chi connectivity index (χ3v) is 6.44. The SMILES string of the molecule is CCCCc1nc2c(NC)nc3cc(C(=O)O)ccc3c2n1CCCNSc1ccccc1. The summed E-state index contributed by atoms with van der Waals surface area (Å²) in [7, 11) is 1.82. The number of nitrogens with zero attached hydrogens (tertiary/aromatic N) is 3. The molecule has 2 aromatic carbocycles. The summed E-state index contributed by atoms with van der Waals surface area (Å²) >= 11 is 1.64. The fourth-order valence-electron chi connectivity index (χ4n) is 3.94. The van der Waals surface area contributed by atoms with Crippen molar-refractivity contribution in [2.45, 2.75) is 44.0 Å². The van der Waals surface area contributed by atoms with Gasteiger partial charge in [-0.2, -0.15) is 0 Å². The Hall–Kier alpha value is -3.10. The van der Waals surface area contributed by atoms with E-state index in [-0.39, 0.29) is 5.56 Å². The number of nitrogens with one attached hydrogen (secondary N) is 2. The number of rotatable bonds is 11. The van der Waals surface area contributed by atoms with Crippen molar-refractivity contribution in [2.24, 2.45) is 0 Å². The fourth-order valence-corrected chi connectivity index (χ4v) is 4.65. The molecule has 0 fully saturated rings. The van der Waals surface area contributed by atoms with Gasteiger partial charge in [-0.05, 0) is 55.1 Å². The van der Waals surface area contributed by atoms with Crippen LogP contribution in [0.5, 0.6) is 0 Å². The molecular formula is C25H29N5O2S. The van der Waals surface area contributed by atoms with Crippen LogP contribution in [0.1, 0.15) is 42.4 Å². The topological polar surface area (TPSA) is 92.1 Å². The van der Waals surface area contributed by atoms with Crippen LogP contribution in [-0.2, 0) is 13.0 Å². The number of benzene rings is 2. The fraction of sp³-hybridized carbons (Fsp3) is 0.320. The molecule has 0 aliphatic heterocycles. The predicted molar refractivity (Wildman–Crippen MR) is 135 cm³/mol. The highest BCUT2D eigenvalue weighted by atomic mass is 32.2. The van der Waals surface area contributed by atoms with Crippen molar-refractivity contribution in [2.75, 3.05) is 18.9 Å². The number of pyridine rings is 1. The normalized spacial score (nSPS) is 11.3. The number of aromatic nitrogens is 3. The summed E-state index contributed by atoms with van der Waals surface area (Å²) in [5, 5.41) is 13.5. The van der Waals surface area contributed by atoms with Crippen LogP contribution in [0, 0.1) is 0 Å². The number of imidazole rings is 1. The van der Waals surface area contributed by atoms with E-state index in [9.17, 15) is 9.90 Å². The Bertz CT molecular complexity index is 1260. The lowest BCUT2D eigenvalue weighted by atomic mass is 10.1. The predicted octanol–water partition coefficient (Wildman–Crippen LogP) is 5.35. The van der Waals surface area contributed by atoms with E-state index >= 15 is 0 Å². The first-order valence-corrected chi connectivity index (χ1v) is 12.1. The molecule has 0 saturated carbocycles. The maximum atomic E-state index is 11.5. The summed E-state index contributed by atoms with van der Waals surface area (Å²) in [5.41, 5.74) is 2.75. The smallest absolute Gasteiger partial charge is 0.335 e. The number of carbonyl (C=O) groups is 1. The van der Waals surface area contributed by atoms with Gasteiger partial charge in [0.2, 0.25) is 0 Å². The lowest BCUT2D eigenvalue weighted by molar-refractivity contribution is 0.0697. The van der Waals surface area contributed by atoms with E-state index in [1.807, 2.05) is 31.3 Å². The highest BCUT2D eigenvalue weighted by Gasteiger charge is 2.18. The van der Waals surface area contributed by atoms with Crippen molar-refractivity contribution >= 4 is 45.7 Å². The molecule has 2 heterocycles. The van der Waals surface area contributed by atoms with Gasteiger partial charge in [-0.1, -0.05) is 31.5 Å². The molecule has 0 bridgehead atoms. The summed E-state index contributed by atoms with van der Waals surface area (Å²) in [4.78, 5) is 22.3. The third-order valence-electron chi connectivity index (χ3n) is 5.59. The Morgan fingerprint density at radius 2 is 1.94 bits per heavy atom. The Morgan fingerprint density at radius 3 is 2.67 bits per heavy atom. The van der Waals surface area contributed by atoms with Crippen molar-refractivity contribution in [1.29, 1.82) is 0 Å². The molecule has 172 valence electrons. The van der Waals surface area contributed by atoms with Crippen molar-refractivity contribution in [3.8, 4) is 0 Å². The monoisotopic (exact) mass is 463 g/mol. The maximum absolute atomic E-state index is 11.5. The molecule has 0 aliphatic rings. The van der Waals surface area contributed by atoms with Crippen LogP contribution >= 0.6 is 11.9 Å². The summed E-state index contributed by atoms with van der Waals surface area (Å²) < 4.78 is 5.74. The maximum Gasteiger partial charge on any atom is 0.335 e. The number of fused-ring (bicyclic) bond motifs is 3. The van der Waals surface area contributed by atoms with Crippen LogP contribution in [-0.4, -0.2) is 39.2 Å². The van der Waals surface area contributed by atoms with Gasteiger partial charge in [0.25, 0.3) is 0 Å². The van der Waals surface area contributed by atoms with E-state index in [1.54, 1.807) is 24.1 Å². The number of hydrogen-bond acceptors (Lipinski definition) is 6. The summed E-state index contributed by atoms with van der Waals surface area (Å²) in [6.45, 7) is 3.86. The molecule has 33 heavy (non-hydrogen) atoms. The summed E-state index contributed by atoms with van der Waals surface area (Å²) in [6.07, 6.45) is 4.00. The molecule has 0 unspecified atom stereocenters. The summed E-state index contributed by atoms with van der Waals surface area (Å²) in [6, 6.07) is 15.4. The third kappa shape index (κ3) is 5.12. The van der Waals surface area contributed by atoms with Gasteiger partial charge in [-0.15, -0.1) is 0 Å². The van der Waals surface area contributed by atoms with Gasteiger partial charge < -0.3 is 15.0 Å². The van der Waals surface area contributed by atoms with Crippen LogP contribution in [0.4, 0.5) is 5.82 Å². The number of hydrogen-bond donors (Lipinski definition) is 3. The molecular weight excluding hydrogens is 434 g/mol. The molecule has 0 aliphatic carbocycles. The molecule has 4 rings (SSSR count). The van der Waals surface area contributed by atoms with E-state index in [2.05, 4.69) is 38.6 Å². The molecule has 8 heteroatoms. The first-order chi connectivity index (χ1) is 16.1. The minimum Gasteiger partial charge on any atom is -0.478 e. The minimum atomic E-state index is -0.955. The molecule has 0 amide bonds. The Kier molecular flexibility index (Phi) is 7.47. The summed E-state index contributed by atoms with van der Waals surface area (Å²) in [5.74, 6) is 0.772. The van der Waals surface area contributed by atoms with Crippen LogP contribution < -0.4 is 10.0 Å². The van der Waals surface area contributed by atoms with Gasteiger partial charge in [-0.25, -0.2) is 14.8 Å². The van der Waals surface area contributed by atoms with Crippen molar-refractivity contribution < 1.29 is 9.90 Å². The van der Waals surface area contributed by atoms with Gasteiger partial charge in [0, 0.05) is 36.8 Å². The van der Waals surface area contributed by atoms with Crippen LogP contribution in [0.3, 0.4) is 0 Å². The minimum absolute atomic E-state index is 0.232. The highest BCUT2D eigenvalue weighted by molar-refractivity contribution is 7.97. The Morgan fingerprint density at radius 1 is 1.12 bits per heavy atom. The highest BCUT2D eigenvalue weighted by Crippen LogP contribution is 2.31. The first-order valence-electron chi connectivity index (χ1n) is 11.3. The van der Waals surface area contributed by atoms with E-state index < -0.39 is 5.97 Å². The quantitative estimate of drug-likeness (QED) is 0.204. The molecule has 0 spiro atoms. The molecule has 7 nitrogen and oxygen atoms in total. The second-order valence-corrected chi connectivity index (χ2v) is 8.86. The van der Waals surface area contributed by atoms with E-state index in [1.165, 1.54) is 4.90 Å². The number of aryl methyl sites for hydroxylation is 2. The average Bonchev–Trinajstić information content (AvgIpc) is 3.20. The van der Waals surface area contributed by atoms with Gasteiger partial charge in [0.05, 0.1) is 16.6 Å². The molecule has 4 aromatic rings. The molecule has 3 N–H and O–H groups in total. The molecule has 0 atom stereocenters. The Balaban J connectivity index is 1.66. The zero-order chi connectivity index (χ0) is 23.2. The number of carboxylic acid groups (broad SMARTS) is 1. The number of unbranched alkanes of at least 4 members (excludes halogenated alkanes) is 1. The van der Waals surface area contributed by atoms with Crippen molar-refractivity contribution in [3.63, 3.8) is 0 Å². The largest absolute Gasteiger partial charge is 0.478 e. The van der Waals surface area contributed by atoms with Gasteiger partial charge in [0.15, 0.2) is 5.82 Å². The van der Waals surface area contributed by atoms with E-state index in [0.29, 0.717) is 11.3 Å². The van der Waals surface area contributed by atoms with Gasteiger partial charge in [-0.3, -0.25) is 4.72 Å². The van der Waals surface area contributed by atoms with Gasteiger partial charge >= 0.3 is 5.97 Å². The Labute approximate surface area is 197 Å². The van der Waals surface area contributed by atoms with Crippen LogP contribution in [0.15, 0.2) is 53.4 Å². The first kappa shape index (κ1) is 23.1. The molecule has 0 saturated heterocycles. The van der Waals surface area contributed by atoms with Crippen molar-refractivity contribution in [1.82, 2.24) is 19.3 Å². The van der Waals surface area contributed by atoms with Crippen molar-refractivity contribution in [3.05, 3.63) is 59.9 Å². The zero-order valence-corrected chi connectivity index (χ0v) is 19.8. The van der Waals surface area contributed by atoms with E-state index in [4.69, 9.17) is 4.98 Å². The lowest BCUT2D eigenvalue weighted by Gasteiger charge is -2.12. The second kappa shape index (κ2) is 10.7. The second-order valence-electron chi connectivity index (χ2n) is 7.89. The van der Waals surface area contributed by atoms with Gasteiger partial charge in [0.1, 0.15) is 11.3 Å². The molecule has 2 aromatic heterocycles. The zero-order valence-electron chi connectivity index (χ0n) is 19.0. The number of aromatic carboxylic acids is 1. The van der Waals surface area contributed by atoms with E-state index in [0.717, 1.165) is 61.0 Å². The number of anilines is 1. The standard InChI is InChI=1S/C25H29N5O2S/c1-3-4-11-21-29-22-23(30(21)15-8-14-27-33-18-9-6-5-7-10-18)19-13-12-17(25(31)32)16-20(19)28-24(22)26-2/h5-7,9-10,12-13,16,27H,3-4,8,11,14-15H2,1-2H3,(H,26,28)(H,31,32). The van der Waals surface area contributed by atoms with Crippen LogP contribution in [0.25, 0.3) is 21.9 Å². The average molecular weight is 464 g/mol. The van der Waals surface area contributed by atoms with Crippen LogP contribution in [0.2, 0.25) is 0 Å². The lowest BCUT2D eigenvalue weighted by Crippen LogP contribution is -2.11. The molecule has 0 radical (unpaired) electrons.